The van der Waals surface area contributed by atoms with Crippen LogP contribution in [-0.2, 0) is 0 Å². The van der Waals surface area contributed by atoms with Gasteiger partial charge in [-0.3, -0.25) is 4.98 Å². The minimum atomic E-state index is -0.281. The number of halogens is 1. The van der Waals surface area contributed by atoms with E-state index in [1.807, 2.05) is 7.05 Å². The Morgan fingerprint density at radius 1 is 1.47 bits per heavy atom. The molecule has 0 spiro atoms. The van der Waals surface area contributed by atoms with Gasteiger partial charge < -0.3 is 5.32 Å². The number of aromatic nitrogens is 1. The number of hydrogen-bond donors (Lipinski definition) is 1. The Labute approximate surface area is 90.9 Å². The molecule has 2 atom stereocenters. The molecule has 2 unspecified atom stereocenters. The lowest BCUT2D eigenvalue weighted by molar-refractivity contribution is 0.376. The van der Waals surface area contributed by atoms with Crippen molar-refractivity contribution in [2.75, 3.05) is 7.05 Å². The molecule has 0 radical (unpaired) electrons. The standard InChI is InChI=1S/C12H19FN2/c1-4-5-9(2)12(14-3)11-7-6-10(13)8-15-11/h6-9,12,14H,4-5H2,1-3H3. The van der Waals surface area contributed by atoms with Gasteiger partial charge in [0.2, 0.25) is 0 Å². The third-order valence-corrected chi connectivity index (χ3v) is 2.69. The van der Waals surface area contributed by atoms with Gasteiger partial charge in [0.1, 0.15) is 5.82 Å². The van der Waals surface area contributed by atoms with Crippen molar-refractivity contribution in [2.24, 2.45) is 5.92 Å². The average molecular weight is 210 g/mol. The first-order valence-corrected chi connectivity index (χ1v) is 5.47. The summed E-state index contributed by atoms with van der Waals surface area (Å²) in [5.74, 6) is 0.231. The van der Waals surface area contributed by atoms with Gasteiger partial charge in [0.05, 0.1) is 17.9 Å². The second-order valence-electron chi connectivity index (χ2n) is 3.93. The first kappa shape index (κ1) is 12.1. The zero-order chi connectivity index (χ0) is 11.3. The van der Waals surface area contributed by atoms with Crippen LogP contribution in [0.3, 0.4) is 0 Å². The van der Waals surface area contributed by atoms with Crippen LogP contribution in [0.4, 0.5) is 4.39 Å². The minimum Gasteiger partial charge on any atom is -0.311 e. The molecule has 0 aliphatic heterocycles. The van der Waals surface area contributed by atoms with Gasteiger partial charge in [0.15, 0.2) is 0 Å². The Morgan fingerprint density at radius 3 is 2.67 bits per heavy atom. The summed E-state index contributed by atoms with van der Waals surface area (Å²) in [5, 5.41) is 3.24. The van der Waals surface area contributed by atoms with Crippen molar-refractivity contribution in [1.82, 2.24) is 10.3 Å². The van der Waals surface area contributed by atoms with Gasteiger partial charge in [-0.25, -0.2) is 4.39 Å². The van der Waals surface area contributed by atoms with E-state index < -0.39 is 0 Å². The Kier molecular flexibility index (Phi) is 4.69. The van der Waals surface area contributed by atoms with Crippen LogP contribution in [0.25, 0.3) is 0 Å². The fourth-order valence-corrected chi connectivity index (χ4v) is 1.92. The van der Waals surface area contributed by atoms with Crippen LogP contribution < -0.4 is 5.32 Å². The molecule has 84 valence electrons. The van der Waals surface area contributed by atoms with Gasteiger partial charge in [-0.2, -0.15) is 0 Å². The third kappa shape index (κ3) is 3.27. The van der Waals surface area contributed by atoms with E-state index in [-0.39, 0.29) is 11.9 Å². The molecule has 15 heavy (non-hydrogen) atoms. The molecule has 1 heterocycles. The van der Waals surface area contributed by atoms with E-state index in [4.69, 9.17) is 0 Å². The predicted octanol–water partition coefficient (Wildman–Crippen LogP) is 2.92. The van der Waals surface area contributed by atoms with Gasteiger partial charge in [-0.15, -0.1) is 0 Å². The third-order valence-electron chi connectivity index (χ3n) is 2.69. The van der Waals surface area contributed by atoms with E-state index in [1.54, 1.807) is 6.07 Å². The Morgan fingerprint density at radius 2 is 2.20 bits per heavy atom. The molecule has 0 bridgehead atoms. The van der Waals surface area contributed by atoms with E-state index in [0.717, 1.165) is 18.5 Å². The minimum absolute atomic E-state index is 0.213. The quantitative estimate of drug-likeness (QED) is 0.808. The molecule has 1 rings (SSSR count). The highest BCUT2D eigenvalue weighted by Gasteiger charge is 2.17. The molecule has 0 aromatic carbocycles. The molecule has 2 nitrogen and oxygen atoms in total. The van der Waals surface area contributed by atoms with Crippen LogP contribution in [0, 0.1) is 11.7 Å². The van der Waals surface area contributed by atoms with E-state index in [9.17, 15) is 4.39 Å². The number of nitrogens with zero attached hydrogens (tertiary/aromatic N) is 1. The first-order valence-electron chi connectivity index (χ1n) is 5.47. The largest absolute Gasteiger partial charge is 0.311 e. The van der Waals surface area contributed by atoms with Crippen molar-refractivity contribution in [3.05, 3.63) is 29.8 Å². The van der Waals surface area contributed by atoms with Gasteiger partial charge in [0.25, 0.3) is 0 Å². The van der Waals surface area contributed by atoms with E-state index >= 15 is 0 Å². The molecule has 3 heteroatoms. The molecule has 0 saturated heterocycles. The predicted molar refractivity (Wildman–Crippen MR) is 60.1 cm³/mol. The fraction of sp³-hybridized carbons (Fsp3) is 0.583. The van der Waals surface area contributed by atoms with Crippen LogP contribution in [0.1, 0.15) is 38.4 Å². The van der Waals surface area contributed by atoms with Gasteiger partial charge in [0, 0.05) is 0 Å². The maximum atomic E-state index is 12.7. The second kappa shape index (κ2) is 5.81. The van der Waals surface area contributed by atoms with E-state index in [0.29, 0.717) is 5.92 Å². The smallest absolute Gasteiger partial charge is 0.141 e. The van der Waals surface area contributed by atoms with Crippen molar-refractivity contribution in [1.29, 1.82) is 0 Å². The van der Waals surface area contributed by atoms with Gasteiger partial charge in [-0.05, 0) is 31.5 Å². The molecule has 0 fully saturated rings. The second-order valence-corrected chi connectivity index (χ2v) is 3.93. The van der Waals surface area contributed by atoms with Crippen molar-refractivity contribution in [2.45, 2.75) is 32.7 Å². The van der Waals surface area contributed by atoms with Crippen molar-refractivity contribution in [3.63, 3.8) is 0 Å². The summed E-state index contributed by atoms with van der Waals surface area (Å²) >= 11 is 0. The summed E-state index contributed by atoms with van der Waals surface area (Å²) in [4.78, 5) is 4.12. The maximum absolute atomic E-state index is 12.7. The lowest BCUT2D eigenvalue weighted by atomic mass is 9.94. The number of nitrogens with one attached hydrogen (secondary N) is 1. The molecule has 0 saturated carbocycles. The zero-order valence-electron chi connectivity index (χ0n) is 9.63. The van der Waals surface area contributed by atoms with Crippen molar-refractivity contribution >= 4 is 0 Å². The monoisotopic (exact) mass is 210 g/mol. The summed E-state index contributed by atoms with van der Waals surface area (Å²) in [6, 6.07) is 3.43. The molecule has 1 aromatic rings. The summed E-state index contributed by atoms with van der Waals surface area (Å²) in [6.07, 6.45) is 3.57. The van der Waals surface area contributed by atoms with E-state index in [2.05, 4.69) is 24.1 Å². The maximum Gasteiger partial charge on any atom is 0.141 e. The highest BCUT2D eigenvalue weighted by molar-refractivity contribution is 5.10. The summed E-state index contributed by atoms with van der Waals surface area (Å²) < 4.78 is 12.7. The fourth-order valence-electron chi connectivity index (χ4n) is 1.92. The highest BCUT2D eigenvalue weighted by Crippen LogP contribution is 2.23. The Bertz CT molecular complexity index is 284. The average Bonchev–Trinajstić information content (AvgIpc) is 2.22. The molecule has 1 N–H and O–H groups in total. The number of hydrogen-bond acceptors (Lipinski definition) is 2. The van der Waals surface area contributed by atoms with Crippen LogP contribution in [0.2, 0.25) is 0 Å². The highest BCUT2D eigenvalue weighted by atomic mass is 19.1. The number of pyridine rings is 1. The first-order chi connectivity index (χ1) is 7.19. The molecule has 0 aliphatic rings. The summed E-state index contributed by atoms with van der Waals surface area (Å²) in [6.45, 7) is 4.36. The normalized spacial score (nSPS) is 14.9. The van der Waals surface area contributed by atoms with Crippen molar-refractivity contribution < 1.29 is 4.39 Å². The summed E-state index contributed by atoms with van der Waals surface area (Å²) in [7, 11) is 1.92. The number of rotatable bonds is 5. The molecule has 0 aliphatic carbocycles. The SMILES string of the molecule is CCCC(C)C(NC)c1ccc(F)cn1. The van der Waals surface area contributed by atoms with Crippen molar-refractivity contribution in [3.8, 4) is 0 Å². The van der Waals surface area contributed by atoms with Crippen LogP contribution in [-0.4, -0.2) is 12.0 Å². The molecular formula is C12H19FN2. The zero-order valence-corrected chi connectivity index (χ0v) is 9.63. The van der Waals surface area contributed by atoms with Crippen LogP contribution >= 0.6 is 0 Å². The molecule has 1 aromatic heterocycles. The van der Waals surface area contributed by atoms with Gasteiger partial charge >= 0.3 is 0 Å². The Hall–Kier alpha value is -0.960. The van der Waals surface area contributed by atoms with Gasteiger partial charge in [-0.1, -0.05) is 20.3 Å². The van der Waals surface area contributed by atoms with E-state index in [1.165, 1.54) is 12.3 Å². The van der Waals surface area contributed by atoms with Crippen LogP contribution in [0.5, 0.6) is 0 Å². The lowest BCUT2D eigenvalue weighted by Crippen LogP contribution is -2.24. The lowest BCUT2D eigenvalue weighted by Gasteiger charge is -2.22. The molecular weight excluding hydrogens is 191 g/mol. The summed E-state index contributed by atoms with van der Waals surface area (Å²) in [5.41, 5.74) is 0.917. The molecule has 0 amide bonds. The topological polar surface area (TPSA) is 24.9 Å². The Balaban J connectivity index is 2.77. The van der Waals surface area contributed by atoms with Crippen LogP contribution in [0.15, 0.2) is 18.3 Å².